The zero-order valence-electron chi connectivity index (χ0n) is 11.2. The van der Waals surface area contributed by atoms with Crippen LogP contribution in [-0.4, -0.2) is 35.9 Å². The number of aliphatic imine (C=N–C) groups is 1. The third-order valence-electron chi connectivity index (χ3n) is 2.83. The Balaban J connectivity index is 2.39. The number of para-hydroxylation sites is 1. The molecule has 6 nitrogen and oxygen atoms in total. The predicted octanol–water partition coefficient (Wildman–Crippen LogP) is 2.79. The summed E-state index contributed by atoms with van der Waals surface area (Å²) in [5, 5.41) is 16.5. The summed E-state index contributed by atoms with van der Waals surface area (Å²) in [4.78, 5) is 5.48. The van der Waals surface area contributed by atoms with Crippen molar-refractivity contribution in [1.29, 1.82) is 5.41 Å². The van der Waals surface area contributed by atoms with Gasteiger partial charge in [0.05, 0.1) is 11.9 Å². The smallest absolute Gasteiger partial charge is 0.245 e. The Hall–Kier alpha value is -2.50. The number of benzene rings is 1. The van der Waals surface area contributed by atoms with Gasteiger partial charge in [-0.15, -0.1) is 10.2 Å². The van der Waals surface area contributed by atoms with Gasteiger partial charge in [0.2, 0.25) is 5.96 Å². The number of hydrogen-bond donors (Lipinski definition) is 1. The van der Waals surface area contributed by atoms with E-state index in [1.807, 2.05) is 42.1 Å². The standard InChI is InChI=1S/C13H16N6/c1-15-13(19(3)9-14)17-16-11-8-18(2)12-7-5-4-6-10(11)12/h4-9,14H,1-3H3/b14-9?,15-13+,17-16?. The molecule has 0 aliphatic carbocycles. The number of aryl methyl sites for hydroxylation is 1. The molecule has 0 unspecified atom stereocenters. The van der Waals surface area contributed by atoms with Gasteiger partial charge in [-0.25, -0.2) is 0 Å². The van der Waals surface area contributed by atoms with Crippen molar-refractivity contribution in [3.8, 4) is 0 Å². The molecule has 0 fully saturated rings. The lowest BCUT2D eigenvalue weighted by atomic mass is 10.2. The molecular weight excluding hydrogens is 240 g/mol. The van der Waals surface area contributed by atoms with E-state index in [4.69, 9.17) is 5.41 Å². The Morgan fingerprint density at radius 2 is 2.11 bits per heavy atom. The number of aromatic nitrogens is 1. The fraction of sp³-hybridized carbons (Fsp3) is 0.231. The Kier molecular flexibility index (Phi) is 3.70. The molecule has 19 heavy (non-hydrogen) atoms. The predicted molar refractivity (Wildman–Crippen MR) is 77.3 cm³/mol. The second-order valence-corrected chi connectivity index (χ2v) is 4.11. The second kappa shape index (κ2) is 5.43. The van der Waals surface area contributed by atoms with Crippen LogP contribution in [0.15, 0.2) is 45.7 Å². The topological polar surface area (TPSA) is 69.1 Å². The first-order valence-corrected chi connectivity index (χ1v) is 5.83. The van der Waals surface area contributed by atoms with Crippen molar-refractivity contribution in [3.63, 3.8) is 0 Å². The van der Waals surface area contributed by atoms with Gasteiger partial charge in [0.1, 0.15) is 5.69 Å². The van der Waals surface area contributed by atoms with Crippen molar-refractivity contribution in [2.24, 2.45) is 22.3 Å². The first-order valence-electron chi connectivity index (χ1n) is 5.83. The minimum Gasteiger partial charge on any atom is -0.348 e. The normalized spacial score (nSPS) is 12.3. The van der Waals surface area contributed by atoms with Gasteiger partial charge in [0.15, 0.2) is 0 Å². The fourth-order valence-electron chi connectivity index (χ4n) is 1.83. The van der Waals surface area contributed by atoms with Crippen LogP contribution in [0.5, 0.6) is 0 Å². The number of fused-ring (bicyclic) bond motifs is 1. The van der Waals surface area contributed by atoms with E-state index in [9.17, 15) is 0 Å². The van der Waals surface area contributed by atoms with Crippen LogP contribution in [0.3, 0.4) is 0 Å². The highest BCUT2D eigenvalue weighted by Gasteiger charge is 2.06. The number of hydrogen-bond acceptors (Lipinski definition) is 3. The van der Waals surface area contributed by atoms with Crippen LogP contribution < -0.4 is 0 Å². The summed E-state index contributed by atoms with van der Waals surface area (Å²) in [6.07, 6.45) is 3.07. The molecule has 0 saturated carbocycles. The average molecular weight is 256 g/mol. The molecule has 1 aromatic carbocycles. The quantitative estimate of drug-likeness (QED) is 0.501. The highest BCUT2D eigenvalue weighted by atomic mass is 15.3. The van der Waals surface area contributed by atoms with E-state index in [1.165, 1.54) is 4.90 Å². The SMILES string of the molecule is C/N=C(\N=Nc1cn(C)c2ccccc12)N(C)C=N. The second-order valence-electron chi connectivity index (χ2n) is 4.11. The van der Waals surface area contributed by atoms with E-state index in [0.29, 0.717) is 5.96 Å². The number of azo groups is 1. The van der Waals surface area contributed by atoms with Crippen LogP contribution in [0, 0.1) is 5.41 Å². The monoisotopic (exact) mass is 256 g/mol. The minimum absolute atomic E-state index is 0.392. The van der Waals surface area contributed by atoms with Crippen molar-refractivity contribution in [2.75, 3.05) is 14.1 Å². The molecule has 0 spiro atoms. The molecule has 98 valence electrons. The molecule has 2 aromatic rings. The number of rotatable bonds is 2. The van der Waals surface area contributed by atoms with E-state index in [1.54, 1.807) is 14.1 Å². The summed E-state index contributed by atoms with van der Waals surface area (Å²) in [6.45, 7) is 0. The maximum Gasteiger partial charge on any atom is 0.245 e. The summed E-state index contributed by atoms with van der Waals surface area (Å²) in [5.41, 5.74) is 1.89. The molecule has 2 rings (SSSR count). The summed E-state index contributed by atoms with van der Waals surface area (Å²) < 4.78 is 2.01. The maximum absolute atomic E-state index is 7.18. The fourth-order valence-corrected chi connectivity index (χ4v) is 1.83. The Labute approximate surface area is 111 Å². The van der Waals surface area contributed by atoms with E-state index in [2.05, 4.69) is 15.2 Å². The van der Waals surface area contributed by atoms with Crippen LogP contribution in [0.25, 0.3) is 10.9 Å². The van der Waals surface area contributed by atoms with E-state index in [0.717, 1.165) is 22.9 Å². The highest BCUT2D eigenvalue weighted by Crippen LogP contribution is 2.27. The van der Waals surface area contributed by atoms with E-state index < -0.39 is 0 Å². The van der Waals surface area contributed by atoms with E-state index in [-0.39, 0.29) is 0 Å². The Morgan fingerprint density at radius 1 is 1.37 bits per heavy atom. The molecule has 0 radical (unpaired) electrons. The zero-order valence-corrected chi connectivity index (χ0v) is 11.2. The number of guanidine groups is 1. The van der Waals surface area contributed by atoms with E-state index >= 15 is 0 Å². The van der Waals surface area contributed by atoms with Crippen molar-refractivity contribution in [1.82, 2.24) is 9.47 Å². The van der Waals surface area contributed by atoms with Crippen molar-refractivity contribution < 1.29 is 0 Å². The highest BCUT2D eigenvalue weighted by molar-refractivity contribution is 5.92. The molecule has 0 atom stereocenters. The van der Waals surface area contributed by atoms with Gasteiger partial charge in [0, 0.05) is 32.7 Å². The third-order valence-corrected chi connectivity index (χ3v) is 2.83. The Bertz CT molecular complexity index is 652. The van der Waals surface area contributed by atoms with Crippen LogP contribution in [-0.2, 0) is 7.05 Å². The van der Waals surface area contributed by atoms with Crippen LogP contribution in [0.2, 0.25) is 0 Å². The minimum atomic E-state index is 0.392. The third kappa shape index (κ3) is 2.52. The first kappa shape index (κ1) is 12.9. The van der Waals surface area contributed by atoms with Crippen molar-refractivity contribution in [3.05, 3.63) is 30.5 Å². The molecule has 0 aliphatic heterocycles. The van der Waals surface area contributed by atoms with Gasteiger partial charge in [-0.2, -0.15) is 0 Å². The largest absolute Gasteiger partial charge is 0.348 e. The van der Waals surface area contributed by atoms with Gasteiger partial charge in [-0.05, 0) is 6.07 Å². The lowest BCUT2D eigenvalue weighted by molar-refractivity contribution is 0.749. The molecule has 1 heterocycles. The summed E-state index contributed by atoms with van der Waals surface area (Å²) in [6, 6.07) is 8.00. The summed E-state index contributed by atoms with van der Waals surface area (Å²) >= 11 is 0. The van der Waals surface area contributed by atoms with Gasteiger partial charge in [-0.1, -0.05) is 18.2 Å². The van der Waals surface area contributed by atoms with Gasteiger partial charge < -0.3 is 9.47 Å². The molecule has 1 aromatic heterocycles. The maximum atomic E-state index is 7.18. The lowest BCUT2D eigenvalue weighted by Gasteiger charge is -2.08. The van der Waals surface area contributed by atoms with Gasteiger partial charge in [-0.3, -0.25) is 10.4 Å². The first-order chi connectivity index (χ1) is 9.17. The van der Waals surface area contributed by atoms with Crippen molar-refractivity contribution in [2.45, 2.75) is 0 Å². The summed E-state index contributed by atoms with van der Waals surface area (Å²) in [5.74, 6) is 0.392. The summed E-state index contributed by atoms with van der Waals surface area (Å²) in [7, 11) is 5.30. The average Bonchev–Trinajstić information content (AvgIpc) is 2.76. The number of nitrogens with one attached hydrogen (secondary N) is 1. The molecule has 0 saturated heterocycles. The molecule has 0 aliphatic rings. The molecule has 0 bridgehead atoms. The molecular formula is C13H16N6. The van der Waals surface area contributed by atoms with Crippen LogP contribution >= 0.6 is 0 Å². The number of nitrogens with zero attached hydrogens (tertiary/aromatic N) is 5. The molecule has 0 amide bonds. The van der Waals surface area contributed by atoms with Gasteiger partial charge in [0.25, 0.3) is 0 Å². The lowest BCUT2D eigenvalue weighted by Crippen LogP contribution is -2.22. The molecule has 1 N–H and O–H groups in total. The van der Waals surface area contributed by atoms with Crippen LogP contribution in [0.1, 0.15) is 0 Å². The molecule has 6 heteroatoms. The Morgan fingerprint density at radius 3 is 2.79 bits per heavy atom. The van der Waals surface area contributed by atoms with Crippen LogP contribution in [0.4, 0.5) is 5.69 Å². The zero-order chi connectivity index (χ0) is 13.8. The van der Waals surface area contributed by atoms with Gasteiger partial charge >= 0.3 is 0 Å². The van der Waals surface area contributed by atoms with Crippen molar-refractivity contribution >= 4 is 28.9 Å².